The summed E-state index contributed by atoms with van der Waals surface area (Å²) in [5.74, 6) is -0.365. The SMILES string of the molecule is CNCC1CCCN1Cc1ccc(C(N)=O)cc1.Cl. The number of hydrogen-bond acceptors (Lipinski definition) is 3. The second-order valence-electron chi connectivity index (χ2n) is 4.89. The molecular formula is C14H22ClN3O. The van der Waals surface area contributed by atoms with E-state index in [1.54, 1.807) is 12.1 Å². The third-order valence-corrected chi connectivity index (χ3v) is 3.56. The first-order valence-electron chi connectivity index (χ1n) is 6.48. The summed E-state index contributed by atoms with van der Waals surface area (Å²) in [7, 11) is 2.00. The molecule has 0 spiro atoms. The van der Waals surface area contributed by atoms with E-state index in [4.69, 9.17) is 5.73 Å². The molecule has 1 aromatic carbocycles. The standard InChI is InChI=1S/C14H21N3O.ClH/c1-16-9-13-3-2-8-17(13)10-11-4-6-12(7-5-11)14(15)18;/h4-7,13,16H,2-3,8-10H2,1H3,(H2,15,18);1H. The second-order valence-corrected chi connectivity index (χ2v) is 4.89. The second kappa shape index (κ2) is 7.48. The maximum absolute atomic E-state index is 11.0. The van der Waals surface area contributed by atoms with E-state index in [0.29, 0.717) is 11.6 Å². The fourth-order valence-corrected chi connectivity index (χ4v) is 2.58. The zero-order chi connectivity index (χ0) is 13.0. The van der Waals surface area contributed by atoms with Crippen molar-refractivity contribution in [1.82, 2.24) is 10.2 Å². The van der Waals surface area contributed by atoms with Crippen LogP contribution in [0.5, 0.6) is 0 Å². The van der Waals surface area contributed by atoms with E-state index in [2.05, 4.69) is 10.2 Å². The van der Waals surface area contributed by atoms with Gasteiger partial charge < -0.3 is 11.1 Å². The predicted octanol–water partition coefficient (Wildman–Crippen LogP) is 1.39. The first-order chi connectivity index (χ1) is 8.70. The minimum Gasteiger partial charge on any atom is -0.366 e. The highest BCUT2D eigenvalue weighted by atomic mass is 35.5. The van der Waals surface area contributed by atoms with Gasteiger partial charge in [0.2, 0.25) is 5.91 Å². The summed E-state index contributed by atoms with van der Waals surface area (Å²) in [5, 5.41) is 3.25. The average molecular weight is 284 g/mol. The number of amides is 1. The van der Waals surface area contributed by atoms with Crippen LogP contribution in [0.1, 0.15) is 28.8 Å². The number of rotatable bonds is 5. The topological polar surface area (TPSA) is 58.4 Å². The lowest BCUT2D eigenvalue weighted by atomic mass is 10.1. The lowest BCUT2D eigenvalue weighted by Gasteiger charge is -2.24. The Balaban J connectivity index is 0.00000180. The van der Waals surface area contributed by atoms with E-state index in [9.17, 15) is 4.79 Å². The number of hydrogen-bond donors (Lipinski definition) is 2. The first-order valence-corrected chi connectivity index (χ1v) is 6.48. The molecule has 1 aliphatic rings. The maximum atomic E-state index is 11.0. The Morgan fingerprint density at radius 2 is 2.11 bits per heavy atom. The van der Waals surface area contributed by atoms with Gasteiger partial charge in [0.15, 0.2) is 0 Å². The number of likely N-dealkylation sites (tertiary alicyclic amines) is 1. The van der Waals surface area contributed by atoms with Crippen LogP contribution in [0, 0.1) is 0 Å². The lowest BCUT2D eigenvalue weighted by Crippen LogP contribution is -2.36. The van der Waals surface area contributed by atoms with E-state index < -0.39 is 0 Å². The molecule has 1 heterocycles. The van der Waals surface area contributed by atoms with Gasteiger partial charge in [-0.2, -0.15) is 0 Å². The molecule has 19 heavy (non-hydrogen) atoms. The lowest BCUT2D eigenvalue weighted by molar-refractivity contribution is 0.100. The highest BCUT2D eigenvalue weighted by Crippen LogP contribution is 2.19. The molecule has 0 saturated carbocycles. The Morgan fingerprint density at radius 3 is 2.68 bits per heavy atom. The van der Waals surface area contributed by atoms with Gasteiger partial charge in [-0.25, -0.2) is 0 Å². The number of nitrogens with zero attached hydrogens (tertiary/aromatic N) is 1. The zero-order valence-electron chi connectivity index (χ0n) is 11.3. The van der Waals surface area contributed by atoms with Crippen LogP contribution in [0.15, 0.2) is 24.3 Å². The molecule has 1 fully saturated rings. The van der Waals surface area contributed by atoms with Crippen molar-refractivity contribution in [2.24, 2.45) is 5.73 Å². The van der Waals surface area contributed by atoms with Gasteiger partial charge in [0.05, 0.1) is 0 Å². The summed E-state index contributed by atoms with van der Waals surface area (Å²) in [6.45, 7) is 3.15. The molecule has 1 amide bonds. The molecule has 0 bridgehead atoms. The molecule has 4 nitrogen and oxygen atoms in total. The molecule has 1 aliphatic heterocycles. The van der Waals surface area contributed by atoms with Crippen LogP contribution in [-0.2, 0) is 6.54 Å². The largest absolute Gasteiger partial charge is 0.366 e. The van der Waals surface area contributed by atoms with Gasteiger partial charge >= 0.3 is 0 Å². The molecule has 0 aromatic heterocycles. The van der Waals surface area contributed by atoms with Crippen molar-refractivity contribution in [1.29, 1.82) is 0 Å². The van der Waals surface area contributed by atoms with Gasteiger partial charge in [-0.3, -0.25) is 9.69 Å². The van der Waals surface area contributed by atoms with Gasteiger partial charge in [0.25, 0.3) is 0 Å². The van der Waals surface area contributed by atoms with E-state index in [0.717, 1.165) is 19.6 Å². The van der Waals surface area contributed by atoms with Crippen LogP contribution < -0.4 is 11.1 Å². The summed E-state index contributed by atoms with van der Waals surface area (Å²) in [6.07, 6.45) is 2.53. The molecule has 1 unspecified atom stereocenters. The highest BCUT2D eigenvalue weighted by Gasteiger charge is 2.23. The number of nitrogens with one attached hydrogen (secondary N) is 1. The highest BCUT2D eigenvalue weighted by molar-refractivity contribution is 5.92. The number of carbonyl (C=O) groups is 1. The summed E-state index contributed by atoms with van der Waals surface area (Å²) in [4.78, 5) is 13.5. The molecule has 1 atom stereocenters. The van der Waals surface area contributed by atoms with Crippen molar-refractivity contribution >= 4 is 18.3 Å². The number of nitrogens with two attached hydrogens (primary N) is 1. The van der Waals surface area contributed by atoms with Crippen LogP contribution in [0.4, 0.5) is 0 Å². The van der Waals surface area contributed by atoms with Crippen molar-refractivity contribution in [3.63, 3.8) is 0 Å². The molecular weight excluding hydrogens is 262 g/mol. The molecule has 5 heteroatoms. The van der Waals surface area contributed by atoms with Crippen LogP contribution >= 0.6 is 12.4 Å². The van der Waals surface area contributed by atoms with Crippen molar-refractivity contribution in [3.8, 4) is 0 Å². The predicted molar refractivity (Wildman–Crippen MR) is 79.6 cm³/mol. The van der Waals surface area contributed by atoms with Crippen molar-refractivity contribution in [2.75, 3.05) is 20.1 Å². The van der Waals surface area contributed by atoms with Crippen LogP contribution in [0.25, 0.3) is 0 Å². The van der Waals surface area contributed by atoms with Crippen LogP contribution in [-0.4, -0.2) is 37.0 Å². The quantitative estimate of drug-likeness (QED) is 0.859. The molecule has 0 aliphatic carbocycles. The number of benzene rings is 1. The summed E-state index contributed by atoms with van der Waals surface area (Å²) < 4.78 is 0. The Labute approximate surface area is 120 Å². The Bertz CT molecular complexity index is 408. The monoisotopic (exact) mass is 283 g/mol. The summed E-state index contributed by atoms with van der Waals surface area (Å²) >= 11 is 0. The molecule has 0 radical (unpaired) electrons. The first kappa shape index (κ1) is 16.0. The zero-order valence-corrected chi connectivity index (χ0v) is 12.1. The van der Waals surface area contributed by atoms with Crippen molar-refractivity contribution < 1.29 is 4.79 Å². The van der Waals surface area contributed by atoms with Gasteiger partial charge in [-0.05, 0) is 44.1 Å². The van der Waals surface area contributed by atoms with Crippen LogP contribution in [0.2, 0.25) is 0 Å². The summed E-state index contributed by atoms with van der Waals surface area (Å²) in [5.41, 5.74) is 7.05. The Kier molecular flexibility index (Phi) is 6.28. The molecule has 3 N–H and O–H groups in total. The molecule has 1 saturated heterocycles. The third kappa shape index (κ3) is 4.20. The fraction of sp³-hybridized carbons (Fsp3) is 0.500. The van der Waals surface area contributed by atoms with Crippen molar-refractivity contribution in [2.45, 2.75) is 25.4 Å². The van der Waals surface area contributed by atoms with Crippen LogP contribution in [0.3, 0.4) is 0 Å². The maximum Gasteiger partial charge on any atom is 0.248 e. The minimum atomic E-state index is -0.365. The van der Waals surface area contributed by atoms with Gasteiger partial charge in [0, 0.05) is 24.7 Å². The summed E-state index contributed by atoms with van der Waals surface area (Å²) in [6, 6.07) is 8.23. The third-order valence-electron chi connectivity index (χ3n) is 3.56. The molecule has 106 valence electrons. The average Bonchev–Trinajstić information content (AvgIpc) is 2.78. The van der Waals surface area contributed by atoms with E-state index in [1.807, 2.05) is 19.2 Å². The van der Waals surface area contributed by atoms with E-state index in [1.165, 1.54) is 18.4 Å². The fourth-order valence-electron chi connectivity index (χ4n) is 2.58. The van der Waals surface area contributed by atoms with E-state index >= 15 is 0 Å². The number of likely N-dealkylation sites (N-methyl/N-ethyl adjacent to an activating group) is 1. The number of primary amides is 1. The minimum absolute atomic E-state index is 0. The van der Waals surface area contributed by atoms with Crippen molar-refractivity contribution in [3.05, 3.63) is 35.4 Å². The molecule has 2 rings (SSSR count). The van der Waals surface area contributed by atoms with Gasteiger partial charge in [0.1, 0.15) is 0 Å². The normalized spacial score (nSPS) is 19.1. The Morgan fingerprint density at radius 1 is 1.42 bits per heavy atom. The Hall–Kier alpha value is -1.10. The van der Waals surface area contributed by atoms with E-state index in [-0.39, 0.29) is 18.3 Å². The number of halogens is 1. The van der Waals surface area contributed by atoms with Gasteiger partial charge in [-0.15, -0.1) is 12.4 Å². The smallest absolute Gasteiger partial charge is 0.248 e. The number of carbonyl (C=O) groups excluding carboxylic acids is 1. The van der Waals surface area contributed by atoms with Gasteiger partial charge in [-0.1, -0.05) is 12.1 Å². The molecule has 1 aromatic rings.